The molecule has 5 nitrogen and oxygen atoms in total. The van der Waals surface area contributed by atoms with Crippen LogP contribution in [0.2, 0.25) is 15.2 Å². The first-order valence-electron chi connectivity index (χ1n) is 6.21. The van der Waals surface area contributed by atoms with E-state index >= 15 is 0 Å². The smallest absolute Gasteiger partial charge is 0.337 e. The van der Waals surface area contributed by atoms with E-state index in [1.165, 1.54) is 6.42 Å². The fourth-order valence-electron chi connectivity index (χ4n) is 1.98. The fourth-order valence-corrected chi connectivity index (χ4v) is 2.60. The zero-order valence-electron chi connectivity index (χ0n) is 10.6. The number of rotatable bonds is 2. The maximum absolute atomic E-state index is 12.0. The van der Waals surface area contributed by atoms with Crippen LogP contribution < -0.4 is 16.1 Å². The number of aromatic nitrogens is 1. The summed E-state index contributed by atoms with van der Waals surface area (Å²) in [5.41, 5.74) is 9.22. The van der Waals surface area contributed by atoms with E-state index in [4.69, 9.17) is 40.5 Å². The van der Waals surface area contributed by atoms with Crippen molar-refractivity contribution in [3.05, 3.63) is 20.9 Å². The molecule has 1 aliphatic carbocycles. The lowest BCUT2D eigenvalue weighted by Crippen LogP contribution is -2.29. The van der Waals surface area contributed by atoms with Gasteiger partial charge in [0.25, 0.3) is 10.8 Å². The third-order valence-electron chi connectivity index (χ3n) is 3.09. The van der Waals surface area contributed by atoms with E-state index in [2.05, 4.69) is 15.5 Å². The molecule has 4 N–H and O–H groups in total. The third-order valence-corrected chi connectivity index (χ3v) is 4.26. The van der Waals surface area contributed by atoms with Crippen molar-refractivity contribution in [2.75, 3.05) is 5.73 Å². The number of anilines is 1. The Labute approximate surface area is 131 Å². The largest absolute Gasteiger partial charge is 0.396 e. The van der Waals surface area contributed by atoms with Gasteiger partial charge in [-0.05, 0) is 37.3 Å². The van der Waals surface area contributed by atoms with Crippen molar-refractivity contribution in [1.29, 1.82) is 0 Å². The predicted molar refractivity (Wildman–Crippen MR) is 80.4 cm³/mol. The van der Waals surface area contributed by atoms with Crippen LogP contribution in [0.25, 0.3) is 0 Å². The van der Waals surface area contributed by atoms with Gasteiger partial charge >= 0.3 is 5.91 Å². The molecule has 0 aromatic carbocycles. The van der Waals surface area contributed by atoms with Gasteiger partial charge in [0.1, 0.15) is 10.0 Å². The number of aromatic amines is 1. The molecule has 0 saturated heterocycles. The highest BCUT2D eigenvalue weighted by Crippen LogP contribution is 2.31. The summed E-state index contributed by atoms with van der Waals surface area (Å²) in [5, 5.41) is 4.28. The van der Waals surface area contributed by atoms with Gasteiger partial charge in [0.2, 0.25) is 0 Å². The van der Waals surface area contributed by atoms with Gasteiger partial charge in [0.05, 0.1) is 5.69 Å². The van der Waals surface area contributed by atoms with Gasteiger partial charge in [0, 0.05) is 5.71 Å². The van der Waals surface area contributed by atoms with Crippen molar-refractivity contribution in [2.24, 2.45) is 5.10 Å². The number of carbonyl (C=O) groups is 1. The highest BCUT2D eigenvalue weighted by atomic mass is 35.5. The van der Waals surface area contributed by atoms with Crippen LogP contribution in [0.1, 0.15) is 42.6 Å². The molecule has 1 fully saturated rings. The Kier molecular flexibility index (Phi) is 5.07. The van der Waals surface area contributed by atoms with E-state index in [0.29, 0.717) is 0 Å². The maximum atomic E-state index is 12.0. The zero-order valence-corrected chi connectivity index (χ0v) is 12.9. The Bertz CT molecular complexity index is 566. The van der Waals surface area contributed by atoms with Gasteiger partial charge in [-0.1, -0.05) is 29.6 Å². The van der Waals surface area contributed by atoms with Gasteiger partial charge < -0.3 is 5.73 Å². The van der Waals surface area contributed by atoms with Gasteiger partial charge in [-0.2, -0.15) is 10.1 Å². The quantitative estimate of drug-likeness (QED) is 0.642. The average molecular weight is 337 g/mol. The standard InChI is InChI=1S/C12H13Cl3N4O/c13-7-9(16)8(14)11(15)17-10(7)12(20)19-18-6-4-2-1-3-5-6/h1-5H2,(H2,16,17)(H,19,20)/p+1. The van der Waals surface area contributed by atoms with Crippen LogP contribution in [0, 0.1) is 0 Å². The molecular weight excluding hydrogens is 323 g/mol. The number of amides is 1. The normalized spacial score (nSPS) is 15.1. The molecule has 0 radical (unpaired) electrons. The molecule has 0 spiro atoms. The van der Waals surface area contributed by atoms with E-state index in [-0.39, 0.29) is 26.6 Å². The van der Waals surface area contributed by atoms with Crippen molar-refractivity contribution >= 4 is 52.1 Å². The van der Waals surface area contributed by atoms with Crippen molar-refractivity contribution in [3.8, 4) is 0 Å². The number of nitrogens with one attached hydrogen (secondary N) is 2. The molecule has 0 aliphatic heterocycles. The van der Waals surface area contributed by atoms with Gasteiger partial charge in [0.15, 0.2) is 0 Å². The number of hydrazone groups is 1. The van der Waals surface area contributed by atoms with E-state index in [0.717, 1.165) is 31.4 Å². The molecule has 1 aliphatic rings. The molecule has 20 heavy (non-hydrogen) atoms. The first kappa shape index (κ1) is 15.4. The second-order valence-corrected chi connectivity index (χ2v) is 5.67. The Morgan fingerprint density at radius 3 is 2.45 bits per heavy atom. The number of hydrogen-bond donors (Lipinski definition) is 2. The number of hydrogen-bond acceptors (Lipinski definition) is 3. The van der Waals surface area contributed by atoms with E-state index in [1.807, 2.05) is 0 Å². The first-order chi connectivity index (χ1) is 9.50. The van der Waals surface area contributed by atoms with Crippen LogP contribution in [0.5, 0.6) is 0 Å². The second kappa shape index (κ2) is 6.61. The molecule has 0 atom stereocenters. The van der Waals surface area contributed by atoms with Crippen LogP contribution in [0.4, 0.5) is 5.69 Å². The summed E-state index contributed by atoms with van der Waals surface area (Å²) in [6, 6.07) is 0. The number of carbonyl (C=O) groups excluding carboxylic acids is 1. The minimum Gasteiger partial charge on any atom is -0.396 e. The number of nitrogen functional groups attached to an aromatic ring is 1. The minimum absolute atomic E-state index is 0.0285. The fraction of sp³-hybridized carbons (Fsp3) is 0.417. The lowest BCUT2D eigenvalue weighted by Gasteiger charge is -2.11. The van der Waals surface area contributed by atoms with E-state index in [9.17, 15) is 4.79 Å². The van der Waals surface area contributed by atoms with Crippen molar-refractivity contribution in [3.63, 3.8) is 0 Å². The van der Waals surface area contributed by atoms with Crippen LogP contribution in [0.3, 0.4) is 0 Å². The number of nitrogens with zero attached hydrogens (tertiary/aromatic N) is 1. The summed E-state index contributed by atoms with van der Waals surface area (Å²) in [7, 11) is 0. The second-order valence-electron chi connectivity index (χ2n) is 4.54. The van der Waals surface area contributed by atoms with Gasteiger partial charge in [-0.15, -0.1) is 0 Å². The molecule has 2 rings (SSSR count). The maximum Gasteiger partial charge on any atom is 0.337 e. The summed E-state index contributed by atoms with van der Waals surface area (Å²) >= 11 is 17.6. The Balaban J connectivity index is 2.17. The van der Waals surface area contributed by atoms with E-state index < -0.39 is 5.91 Å². The predicted octanol–water partition coefficient (Wildman–Crippen LogP) is 3.09. The molecule has 1 saturated carbocycles. The van der Waals surface area contributed by atoms with Crippen LogP contribution in [0.15, 0.2) is 5.10 Å². The molecule has 1 aromatic heterocycles. The Morgan fingerprint density at radius 1 is 1.15 bits per heavy atom. The molecule has 108 valence electrons. The SMILES string of the molecule is Nc1c(Cl)c(Cl)[nH+]c(C(=O)NN=C2CCCCC2)c1Cl. The molecule has 1 aromatic rings. The lowest BCUT2D eigenvalue weighted by atomic mass is 9.99. The number of pyridine rings is 1. The molecule has 1 heterocycles. The summed E-state index contributed by atoms with van der Waals surface area (Å²) < 4.78 is 0. The molecule has 0 unspecified atom stereocenters. The molecular formula is C12H14Cl3N4O+. The molecule has 8 heteroatoms. The summed E-state index contributed by atoms with van der Waals surface area (Å²) in [5.74, 6) is -0.502. The Hall–Kier alpha value is -1.04. The highest BCUT2D eigenvalue weighted by molar-refractivity contribution is 6.45. The van der Waals surface area contributed by atoms with Gasteiger partial charge in [-0.3, -0.25) is 4.79 Å². The average Bonchev–Trinajstić information content (AvgIpc) is 2.47. The summed E-state index contributed by atoms with van der Waals surface area (Å²) in [6.45, 7) is 0. The monoisotopic (exact) mass is 335 g/mol. The van der Waals surface area contributed by atoms with Crippen LogP contribution in [-0.4, -0.2) is 11.6 Å². The van der Waals surface area contributed by atoms with Crippen LogP contribution in [-0.2, 0) is 0 Å². The zero-order chi connectivity index (χ0) is 14.7. The minimum atomic E-state index is -0.502. The first-order valence-corrected chi connectivity index (χ1v) is 7.35. The summed E-state index contributed by atoms with van der Waals surface area (Å²) in [4.78, 5) is 14.6. The topological polar surface area (TPSA) is 81.6 Å². The number of nitrogens with two attached hydrogens (primary N) is 1. The lowest BCUT2D eigenvalue weighted by molar-refractivity contribution is -0.379. The van der Waals surface area contributed by atoms with Crippen molar-refractivity contribution in [1.82, 2.24) is 5.43 Å². The summed E-state index contributed by atoms with van der Waals surface area (Å²) in [6.07, 6.45) is 5.21. The molecule has 0 bridgehead atoms. The van der Waals surface area contributed by atoms with Crippen molar-refractivity contribution < 1.29 is 9.78 Å². The number of halogens is 3. The van der Waals surface area contributed by atoms with E-state index in [1.54, 1.807) is 0 Å². The highest BCUT2D eigenvalue weighted by Gasteiger charge is 2.26. The van der Waals surface area contributed by atoms with Crippen LogP contribution >= 0.6 is 34.8 Å². The number of H-pyrrole nitrogens is 1. The van der Waals surface area contributed by atoms with Gasteiger partial charge in [-0.25, -0.2) is 5.43 Å². The third kappa shape index (κ3) is 3.34. The molecule has 1 amide bonds. The van der Waals surface area contributed by atoms with Crippen molar-refractivity contribution in [2.45, 2.75) is 32.1 Å². The Morgan fingerprint density at radius 2 is 1.80 bits per heavy atom.